The van der Waals surface area contributed by atoms with E-state index in [4.69, 9.17) is 5.84 Å². The quantitative estimate of drug-likeness (QED) is 0.453. The van der Waals surface area contributed by atoms with E-state index in [9.17, 15) is 9.59 Å². The highest BCUT2D eigenvalue weighted by molar-refractivity contribution is 5.98. The zero-order valence-electron chi connectivity index (χ0n) is 12.9. The fourth-order valence-electron chi connectivity index (χ4n) is 1.73. The molecule has 21 heavy (non-hydrogen) atoms. The number of hydrogen-bond donors (Lipinski definition) is 4. The van der Waals surface area contributed by atoms with Gasteiger partial charge in [-0.25, -0.2) is 10.8 Å². The van der Waals surface area contributed by atoms with Crippen molar-refractivity contribution in [1.29, 1.82) is 0 Å². The third-order valence-electron chi connectivity index (χ3n) is 2.82. The number of hydrazine groups is 1. The summed E-state index contributed by atoms with van der Waals surface area (Å²) in [5, 5.41) is 5.40. The van der Waals surface area contributed by atoms with E-state index in [1.165, 1.54) is 0 Å². The molecule has 0 aliphatic heterocycles. The Morgan fingerprint density at radius 1 is 1.24 bits per heavy atom. The highest BCUT2D eigenvalue weighted by Gasteiger charge is 2.18. The van der Waals surface area contributed by atoms with Crippen LogP contribution in [0.5, 0.6) is 0 Å². The minimum absolute atomic E-state index is 0.0255. The summed E-state index contributed by atoms with van der Waals surface area (Å²) in [5.41, 5.74) is 3.59. The van der Waals surface area contributed by atoms with Crippen molar-refractivity contribution in [3.05, 3.63) is 23.4 Å². The molecule has 7 nitrogen and oxygen atoms in total. The van der Waals surface area contributed by atoms with Crippen LogP contribution in [-0.4, -0.2) is 28.9 Å². The van der Waals surface area contributed by atoms with Crippen molar-refractivity contribution in [2.45, 2.75) is 46.2 Å². The second-order valence-electron chi connectivity index (χ2n) is 5.09. The molecule has 0 bridgehead atoms. The molecule has 0 saturated heterocycles. The summed E-state index contributed by atoms with van der Waals surface area (Å²) >= 11 is 0. The van der Waals surface area contributed by atoms with Gasteiger partial charge in [0.2, 0.25) is 5.91 Å². The first-order chi connectivity index (χ1) is 9.87. The van der Waals surface area contributed by atoms with E-state index in [1.807, 2.05) is 20.8 Å². The van der Waals surface area contributed by atoms with Crippen LogP contribution in [-0.2, 0) is 11.2 Å². The fraction of sp³-hybridized carbons (Fsp3) is 0.500. The van der Waals surface area contributed by atoms with E-state index < -0.39 is 6.04 Å². The fourth-order valence-corrected chi connectivity index (χ4v) is 1.73. The van der Waals surface area contributed by atoms with Gasteiger partial charge in [0.15, 0.2) is 0 Å². The van der Waals surface area contributed by atoms with Crippen molar-refractivity contribution in [3.8, 4) is 0 Å². The van der Waals surface area contributed by atoms with Gasteiger partial charge in [0.05, 0.1) is 0 Å². The largest absolute Gasteiger partial charge is 0.352 e. The van der Waals surface area contributed by atoms with Gasteiger partial charge in [-0.2, -0.15) is 0 Å². The Hall–Kier alpha value is -2.15. The van der Waals surface area contributed by atoms with Crippen LogP contribution >= 0.6 is 0 Å². The molecule has 1 heterocycles. The molecule has 1 rings (SSSR count). The Morgan fingerprint density at radius 3 is 2.43 bits per heavy atom. The van der Waals surface area contributed by atoms with Crippen molar-refractivity contribution >= 4 is 17.6 Å². The third kappa shape index (κ3) is 5.03. The number of nitrogens with one attached hydrogen (secondary N) is 3. The standard InChI is InChI=1S/C14H23N5O2/c1-5-11-6-10(7-12(18-11)19-15)14(21)17-9(4)13(20)16-8(2)3/h6-9H,5,15H2,1-4H3,(H,16,20)(H,17,21)(H,18,19). The highest BCUT2D eigenvalue weighted by atomic mass is 16.2. The van der Waals surface area contributed by atoms with Gasteiger partial charge in [-0.05, 0) is 39.3 Å². The van der Waals surface area contributed by atoms with Gasteiger partial charge >= 0.3 is 0 Å². The minimum atomic E-state index is -0.618. The number of nitrogens with two attached hydrogens (primary N) is 1. The summed E-state index contributed by atoms with van der Waals surface area (Å²) in [6.07, 6.45) is 0.680. The number of aryl methyl sites for hydroxylation is 1. The van der Waals surface area contributed by atoms with Crippen LogP contribution < -0.4 is 21.9 Å². The van der Waals surface area contributed by atoms with E-state index in [2.05, 4.69) is 21.0 Å². The Kier molecular flexibility index (Phi) is 6.10. The zero-order valence-corrected chi connectivity index (χ0v) is 12.9. The lowest BCUT2D eigenvalue weighted by Gasteiger charge is -2.16. The van der Waals surface area contributed by atoms with Gasteiger partial charge in [0.25, 0.3) is 5.91 Å². The Labute approximate surface area is 124 Å². The van der Waals surface area contributed by atoms with Gasteiger partial charge in [-0.3, -0.25) is 9.59 Å². The molecular formula is C14H23N5O2. The molecule has 2 amide bonds. The number of nitrogen functional groups attached to an aromatic ring is 1. The number of amides is 2. The van der Waals surface area contributed by atoms with Crippen molar-refractivity contribution in [3.63, 3.8) is 0 Å². The summed E-state index contributed by atoms with van der Waals surface area (Å²) in [6.45, 7) is 7.30. The summed E-state index contributed by atoms with van der Waals surface area (Å²) in [4.78, 5) is 28.2. The van der Waals surface area contributed by atoms with Crippen molar-refractivity contribution in [1.82, 2.24) is 15.6 Å². The second-order valence-corrected chi connectivity index (χ2v) is 5.09. The molecule has 0 spiro atoms. The zero-order chi connectivity index (χ0) is 16.0. The molecule has 116 valence electrons. The van der Waals surface area contributed by atoms with Gasteiger partial charge < -0.3 is 16.1 Å². The van der Waals surface area contributed by atoms with Crippen LogP contribution in [0.3, 0.4) is 0 Å². The van der Waals surface area contributed by atoms with Crippen LogP contribution in [0.2, 0.25) is 0 Å². The Bertz CT molecular complexity index is 494. The SMILES string of the molecule is CCc1cc(C(=O)NC(C)C(=O)NC(C)C)cc(NN)n1. The normalized spacial score (nSPS) is 11.9. The number of nitrogens with zero attached hydrogens (tertiary/aromatic N) is 1. The van der Waals surface area contributed by atoms with E-state index in [0.29, 0.717) is 17.8 Å². The van der Waals surface area contributed by atoms with Crippen LogP contribution in [0.15, 0.2) is 12.1 Å². The maximum absolute atomic E-state index is 12.2. The molecule has 0 aliphatic rings. The number of anilines is 1. The first-order valence-corrected chi connectivity index (χ1v) is 6.96. The van der Waals surface area contributed by atoms with Crippen LogP contribution in [0.4, 0.5) is 5.82 Å². The Morgan fingerprint density at radius 2 is 1.90 bits per heavy atom. The van der Waals surface area contributed by atoms with Crippen LogP contribution in [0.1, 0.15) is 43.7 Å². The molecule has 0 aromatic carbocycles. The summed E-state index contributed by atoms with van der Waals surface area (Å²) < 4.78 is 0. The van der Waals surface area contributed by atoms with E-state index in [0.717, 1.165) is 5.69 Å². The predicted octanol–water partition coefficient (Wildman–Crippen LogP) is 0.573. The lowest BCUT2D eigenvalue weighted by Crippen LogP contribution is -2.46. The summed E-state index contributed by atoms with van der Waals surface area (Å²) in [7, 11) is 0. The lowest BCUT2D eigenvalue weighted by molar-refractivity contribution is -0.123. The van der Waals surface area contributed by atoms with Crippen molar-refractivity contribution in [2.24, 2.45) is 5.84 Å². The molecule has 1 aromatic rings. The van der Waals surface area contributed by atoms with Crippen LogP contribution in [0, 0.1) is 0 Å². The molecule has 0 aliphatic carbocycles. The van der Waals surface area contributed by atoms with Crippen LogP contribution in [0.25, 0.3) is 0 Å². The topological polar surface area (TPSA) is 109 Å². The molecule has 1 aromatic heterocycles. The number of carbonyl (C=O) groups excluding carboxylic acids is 2. The first-order valence-electron chi connectivity index (χ1n) is 6.96. The van der Waals surface area contributed by atoms with Crippen molar-refractivity contribution < 1.29 is 9.59 Å². The van der Waals surface area contributed by atoms with E-state index in [-0.39, 0.29) is 17.9 Å². The average molecular weight is 293 g/mol. The minimum Gasteiger partial charge on any atom is -0.352 e. The molecule has 0 fully saturated rings. The predicted molar refractivity (Wildman–Crippen MR) is 81.6 cm³/mol. The molecular weight excluding hydrogens is 270 g/mol. The first kappa shape index (κ1) is 16.9. The maximum Gasteiger partial charge on any atom is 0.252 e. The molecule has 0 saturated carbocycles. The van der Waals surface area contributed by atoms with E-state index >= 15 is 0 Å². The molecule has 1 unspecified atom stereocenters. The van der Waals surface area contributed by atoms with Crippen molar-refractivity contribution in [2.75, 3.05) is 5.43 Å². The average Bonchev–Trinajstić information content (AvgIpc) is 2.45. The number of pyridine rings is 1. The molecule has 7 heteroatoms. The number of hydrogen-bond acceptors (Lipinski definition) is 5. The molecule has 0 radical (unpaired) electrons. The van der Waals surface area contributed by atoms with E-state index in [1.54, 1.807) is 19.1 Å². The lowest BCUT2D eigenvalue weighted by atomic mass is 10.1. The summed E-state index contributed by atoms with van der Waals surface area (Å²) in [5.74, 6) is 5.19. The second kappa shape index (κ2) is 7.58. The molecule has 5 N–H and O–H groups in total. The molecule has 1 atom stereocenters. The number of rotatable bonds is 6. The Balaban J connectivity index is 2.81. The van der Waals surface area contributed by atoms with Gasteiger partial charge in [0, 0.05) is 17.3 Å². The highest BCUT2D eigenvalue weighted by Crippen LogP contribution is 2.10. The smallest absolute Gasteiger partial charge is 0.252 e. The third-order valence-corrected chi connectivity index (χ3v) is 2.82. The maximum atomic E-state index is 12.2. The summed E-state index contributed by atoms with van der Waals surface area (Å²) in [6, 6.07) is 2.63. The monoisotopic (exact) mass is 293 g/mol. The van der Waals surface area contributed by atoms with Gasteiger partial charge in [-0.15, -0.1) is 0 Å². The van der Waals surface area contributed by atoms with Gasteiger partial charge in [0.1, 0.15) is 11.9 Å². The number of aromatic nitrogens is 1. The number of carbonyl (C=O) groups is 2. The van der Waals surface area contributed by atoms with Gasteiger partial charge in [-0.1, -0.05) is 6.92 Å².